The molecule has 118 valence electrons. The summed E-state index contributed by atoms with van der Waals surface area (Å²) in [4.78, 5) is 10.2. The molecule has 0 aliphatic carbocycles. The lowest BCUT2D eigenvalue weighted by Crippen LogP contribution is -2.38. The van der Waals surface area contributed by atoms with Gasteiger partial charge in [-0.1, -0.05) is 0 Å². The summed E-state index contributed by atoms with van der Waals surface area (Å²) in [5.41, 5.74) is -0.354. The molecule has 22 heavy (non-hydrogen) atoms. The summed E-state index contributed by atoms with van der Waals surface area (Å²) >= 11 is 0. The third-order valence-corrected chi connectivity index (χ3v) is 2.87. The van der Waals surface area contributed by atoms with Crippen molar-refractivity contribution >= 4 is 5.69 Å². The first kappa shape index (κ1) is 16.0. The lowest BCUT2D eigenvalue weighted by Gasteiger charge is -2.15. The Bertz CT molecular complexity index is 615. The van der Waals surface area contributed by atoms with Gasteiger partial charge in [0.1, 0.15) is 12.7 Å². The minimum Gasteiger partial charge on any atom is -0.484 e. The van der Waals surface area contributed by atoms with Crippen LogP contribution in [0.4, 0.5) is 18.9 Å². The molecule has 1 saturated heterocycles. The van der Waals surface area contributed by atoms with E-state index in [9.17, 15) is 23.3 Å². The summed E-state index contributed by atoms with van der Waals surface area (Å²) in [6.45, 7) is -0.374. The summed E-state index contributed by atoms with van der Waals surface area (Å²) < 4.78 is 47.1. The number of nitro groups is 1. The van der Waals surface area contributed by atoms with Crippen molar-refractivity contribution in [1.29, 1.82) is 5.26 Å². The van der Waals surface area contributed by atoms with E-state index in [0.717, 1.165) is 6.07 Å². The van der Waals surface area contributed by atoms with Gasteiger partial charge >= 0.3 is 11.9 Å². The van der Waals surface area contributed by atoms with Crippen molar-refractivity contribution in [3.63, 3.8) is 0 Å². The van der Waals surface area contributed by atoms with Crippen LogP contribution in [0.2, 0.25) is 0 Å². The van der Waals surface area contributed by atoms with Gasteiger partial charge in [0, 0.05) is 12.6 Å². The Hall–Kier alpha value is -2.38. The molecule has 1 N–H and O–H groups in total. The normalized spacial score (nSPS) is 21.4. The summed E-state index contributed by atoms with van der Waals surface area (Å²) in [5.74, 6) is -0.136. The van der Waals surface area contributed by atoms with Gasteiger partial charge in [0.2, 0.25) is 6.23 Å². The van der Waals surface area contributed by atoms with Gasteiger partial charge < -0.3 is 9.47 Å². The number of nitrogens with one attached hydrogen (secondary N) is 1. The molecule has 1 aromatic carbocycles. The van der Waals surface area contributed by atoms with Gasteiger partial charge in [-0.25, -0.2) is 0 Å². The topological polar surface area (TPSA) is 97.4 Å². The lowest BCUT2D eigenvalue weighted by molar-refractivity contribution is -0.386. The van der Waals surface area contributed by atoms with E-state index >= 15 is 0 Å². The fraction of sp³-hybridized carbons (Fsp3) is 0.417. The van der Waals surface area contributed by atoms with Crippen molar-refractivity contribution < 1.29 is 27.6 Å². The predicted molar refractivity (Wildman–Crippen MR) is 66.0 cm³/mol. The van der Waals surface area contributed by atoms with Crippen molar-refractivity contribution in [1.82, 2.24) is 5.32 Å². The summed E-state index contributed by atoms with van der Waals surface area (Å²) in [7, 11) is 0. The molecule has 0 aromatic heterocycles. The number of hydrogen-bond acceptors (Lipinski definition) is 6. The standard InChI is InChI=1S/C12H10F3N3O4/c13-12(14,15)11-17-5-8(22-11)6-21-10-2-1-7(4-16)3-9(10)18(19)20/h1-3,8,11,17H,5-6H2. The van der Waals surface area contributed by atoms with E-state index in [1.165, 1.54) is 12.1 Å². The minimum atomic E-state index is -4.53. The molecule has 1 aromatic rings. The first-order chi connectivity index (χ1) is 10.3. The van der Waals surface area contributed by atoms with Crippen LogP contribution < -0.4 is 10.1 Å². The van der Waals surface area contributed by atoms with Gasteiger partial charge in [0.05, 0.1) is 16.6 Å². The van der Waals surface area contributed by atoms with E-state index in [0.29, 0.717) is 0 Å². The zero-order valence-corrected chi connectivity index (χ0v) is 11.0. The third kappa shape index (κ3) is 3.63. The number of ether oxygens (including phenoxy) is 2. The van der Waals surface area contributed by atoms with Gasteiger partial charge in [-0.05, 0) is 12.1 Å². The van der Waals surface area contributed by atoms with Gasteiger partial charge in [-0.3, -0.25) is 15.4 Å². The van der Waals surface area contributed by atoms with Crippen LogP contribution in [0.1, 0.15) is 5.56 Å². The predicted octanol–water partition coefficient (Wildman–Crippen LogP) is 1.72. The second-order valence-corrected chi connectivity index (χ2v) is 4.45. The molecule has 1 aliphatic rings. The highest BCUT2D eigenvalue weighted by molar-refractivity contribution is 5.51. The van der Waals surface area contributed by atoms with Crippen LogP contribution in [0.5, 0.6) is 5.75 Å². The van der Waals surface area contributed by atoms with Gasteiger partial charge in [-0.15, -0.1) is 0 Å². The number of nitrogens with zero attached hydrogens (tertiary/aromatic N) is 2. The van der Waals surface area contributed by atoms with Crippen LogP contribution in [0.25, 0.3) is 0 Å². The maximum atomic E-state index is 12.4. The van der Waals surface area contributed by atoms with E-state index in [4.69, 9.17) is 14.7 Å². The Balaban J connectivity index is 2.01. The highest BCUT2D eigenvalue weighted by atomic mass is 19.4. The number of halogens is 3. The fourth-order valence-electron chi connectivity index (χ4n) is 1.85. The number of rotatable bonds is 4. The molecule has 10 heteroatoms. The van der Waals surface area contributed by atoms with E-state index in [2.05, 4.69) is 5.32 Å². The van der Waals surface area contributed by atoms with E-state index < -0.39 is 29.1 Å². The number of nitriles is 1. The summed E-state index contributed by atoms with van der Waals surface area (Å²) in [6.07, 6.45) is -7.49. The Kier molecular flexibility index (Phi) is 4.48. The summed E-state index contributed by atoms with van der Waals surface area (Å²) in [6, 6.07) is 5.32. The molecule has 0 amide bonds. The molecular formula is C12H10F3N3O4. The van der Waals surface area contributed by atoms with Crippen LogP contribution >= 0.6 is 0 Å². The highest BCUT2D eigenvalue weighted by Crippen LogP contribution is 2.29. The van der Waals surface area contributed by atoms with Crippen LogP contribution in [-0.2, 0) is 4.74 Å². The van der Waals surface area contributed by atoms with E-state index in [1.54, 1.807) is 6.07 Å². The van der Waals surface area contributed by atoms with Crippen LogP contribution in [0.3, 0.4) is 0 Å². The number of alkyl halides is 3. The zero-order valence-electron chi connectivity index (χ0n) is 11.0. The lowest BCUT2D eigenvalue weighted by atomic mass is 10.2. The molecule has 2 atom stereocenters. The number of hydrogen-bond donors (Lipinski definition) is 1. The average Bonchev–Trinajstić information content (AvgIpc) is 2.93. The summed E-state index contributed by atoms with van der Waals surface area (Å²) in [5, 5.41) is 21.7. The molecule has 1 fully saturated rings. The smallest absolute Gasteiger partial charge is 0.428 e. The maximum Gasteiger partial charge on any atom is 0.428 e. The second-order valence-electron chi connectivity index (χ2n) is 4.45. The largest absolute Gasteiger partial charge is 0.484 e. The van der Waals surface area contributed by atoms with Crippen molar-refractivity contribution in [3.8, 4) is 11.8 Å². The minimum absolute atomic E-state index is 0.0787. The molecule has 2 rings (SSSR count). The Morgan fingerprint density at radius 2 is 2.27 bits per heavy atom. The molecule has 1 aliphatic heterocycles. The monoisotopic (exact) mass is 317 g/mol. The second kappa shape index (κ2) is 6.17. The first-order valence-corrected chi connectivity index (χ1v) is 6.08. The molecule has 0 bridgehead atoms. The third-order valence-electron chi connectivity index (χ3n) is 2.87. The maximum absolute atomic E-state index is 12.4. The molecule has 7 nitrogen and oxygen atoms in total. The van der Waals surface area contributed by atoms with E-state index in [-0.39, 0.29) is 24.5 Å². The molecule has 0 spiro atoms. The number of benzene rings is 1. The van der Waals surface area contributed by atoms with Crippen molar-refractivity contribution in [2.75, 3.05) is 13.2 Å². The molecule has 1 heterocycles. The zero-order chi connectivity index (χ0) is 16.3. The Morgan fingerprint density at radius 3 is 2.82 bits per heavy atom. The van der Waals surface area contributed by atoms with E-state index in [1.807, 2.05) is 0 Å². The molecule has 2 unspecified atom stereocenters. The van der Waals surface area contributed by atoms with Crippen molar-refractivity contribution in [2.24, 2.45) is 0 Å². The quantitative estimate of drug-likeness (QED) is 0.671. The fourth-order valence-corrected chi connectivity index (χ4v) is 1.85. The van der Waals surface area contributed by atoms with Crippen LogP contribution in [0, 0.1) is 21.4 Å². The molecule has 0 radical (unpaired) electrons. The van der Waals surface area contributed by atoms with Crippen LogP contribution in [-0.4, -0.2) is 36.6 Å². The van der Waals surface area contributed by atoms with Gasteiger partial charge in [0.15, 0.2) is 5.75 Å². The molecule has 0 saturated carbocycles. The average molecular weight is 317 g/mol. The van der Waals surface area contributed by atoms with Gasteiger partial charge in [-0.2, -0.15) is 18.4 Å². The number of nitro benzene ring substituents is 1. The van der Waals surface area contributed by atoms with Crippen LogP contribution in [0.15, 0.2) is 18.2 Å². The van der Waals surface area contributed by atoms with Crippen molar-refractivity contribution in [3.05, 3.63) is 33.9 Å². The first-order valence-electron chi connectivity index (χ1n) is 6.08. The Morgan fingerprint density at radius 1 is 1.55 bits per heavy atom. The highest BCUT2D eigenvalue weighted by Gasteiger charge is 2.45. The van der Waals surface area contributed by atoms with Crippen molar-refractivity contribution in [2.45, 2.75) is 18.5 Å². The Labute approximate surface area is 122 Å². The SMILES string of the molecule is N#Cc1ccc(OCC2CNC(C(F)(F)F)O2)c([N+](=O)[O-])c1. The van der Waals surface area contributed by atoms with Gasteiger partial charge in [0.25, 0.3) is 0 Å². The molecular weight excluding hydrogens is 307 g/mol.